The Balaban J connectivity index is 2.18. The maximum absolute atomic E-state index is 10.5. The second kappa shape index (κ2) is 5.55. The van der Waals surface area contributed by atoms with Gasteiger partial charge in [0.15, 0.2) is 0 Å². The zero-order valence-corrected chi connectivity index (χ0v) is 13.0. The molecule has 0 fully saturated rings. The predicted molar refractivity (Wildman–Crippen MR) is 81.2 cm³/mol. The number of hydrogen-bond donors (Lipinski definition) is 1. The number of halogens is 1. The Kier molecular flexibility index (Phi) is 4.25. The highest BCUT2D eigenvalue weighted by molar-refractivity contribution is 9.10. The molecule has 1 atom stereocenters. The minimum Gasteiger partial charge on any atom is -0.392 e. The van der Waals surface area contributed by atoms with Crippen LogP contribution in [0.2, 0.25) is 0 Å². The van der Waals surface area contributed by atoms with Crippen molar-refractivity contribution in [3.8, 4) is 0 Å². The van der Waals surface area contributed by atoms with Crippen LogP contribution in [0.5, 0.6) is 0 Å². The van der Waals surface area contributed by atoms with Gasteiger partial charge in [-0.3, -0.25) is 0 Å². The van der Waals surface area contributed by atoms with Crippen molar-refractivity contribution in [2.75, 3.05) is 0 Å². The highest BCUT2D eigenvalue weighted by Gasteiger charge is 2.30. The zero-order valence-electron chi connectivity index (χ0n) is 10.6. The minimum absolute atomic E-state index is 0.245. The van der Waals surface area contributed by atoms with Crippen molar-refractivity contribution >= 4 is 27.3 Å². The van der Waals surface area contributed by atoms with Crippen LogP contribution < -0.4 is 0 Å². The van der Waals surface area contributed by atoms with Gasteiger partial charge >= 0.3 is 0 Å². The molecule has 0 bridgehead atoms. The molecule has 0 saturated heterocycles. The molecule has 1 unspecified atom stereocenters. The van der Waals surface area contributed by atoms with E-state index in [-0.39, 0.29) is 5.41 Å². The fourth-order valence-corrected chi connectivity index (χ4v) is 3.51. The largest absolute Gasteiger partial charge is 0.392 e. The summed E-state index contributed by atoms with van der Waals surface area (Å²) in [6.07, 6.45) is 0.287. The summed E-state index contributed by atoms with van der Waals surface area (Å²) in [6.45, 7) is 4.18. The molecule has 96 valence electrons. The molecule has 0 saturated carbocycles. The molecule has 1 aromatic carbocycles. The van der Waals surface area contributed by atoms with Gasteiger partial charge < -0.3 is 5.11 Å². The smallest absolute Gasteiger partial charge is 0.0680 e. The molecule has 0 amide bonds. The van der Waals surface area contributed by atoms with E-state index >= 15 is 0 Å². The topological polar surface area (TPSA) is 20.2 Å². The van der Waals surface area contributed by atoms with Crippen LogP contribution in [0.1, 0.15) is 24.3 Å². The standard InChI is InChI=1S/C15H17BrOS/c1-15(2,11-6-4-3-5-7-11)14(17)10-13-12(16)8-9-18-13/h3-9,14,17H,10H2,1-2H3. The number of benzene rings is 1. The molecule has 1 aromatic heterocycles. The van der Waals surface area contributed by atoms with Gasteiger partial charge in [0, 0.05) is 21.2 Å². The SMILES string of the molecule is CC(C)(c1ccccc1)C(O)Cc1sccc1Br. The van der Waals surface area contributed by atoms with E-state index in [1.165, 1.54) is 10.4 Å². The summed E-state index contributed by atoms with van der Waals surface area (Å²) in [5.41, 5.74) is 0.926. The lowest BCUT2D eigenvalue weighted by Crippen LogP contribution is -2.35. The fourth-order valence-electron chi connectivity index (χ4n) is 1.96. The van der Waals surface area contributed by atoms with Crippen LogP contribution in [0.25, 0.3) is 0 Å². The van der Waals surface area contributed by atoms with Crippen molar-refractivity contribution in [3.63, 3.8) is 0 Å². The normalized spacial score (nSPS) is 13.6. The monoisotopic (exact) mass is 324 g/mol. The Morgan fingerprint density at radius 2 is 1.89 bits per heavy atom. The molecule has 0 radical (unpaired) electrons. The van der Waals surface area contributed by atoms with E-state index < -0.39 is 6.10 Å². The second-order valence-electron chi connectivity index (χ2n) is 5.00. The molecule has 0 aliphatic heterocycles. The third-order valence-electron chi connectivity index (χ3n) is 3.42. The summed E-state index contributed by atoms with van der Waals surface area (Å²) >= 11 is 5.20. The van der Waals surface area contributed by atoms with E-state index in [1.54, 1.807) is 11.3 Å². The summed E-state index contributed by atoms with van der Waals surface area (Å²) in [5, 5.41) is 12.6. The third-order valence-corrected chi connectivity index (χ3v) is 5.37. The van der Waals surface area contributed by atoms with Crippen LogP contribution in [0.3, 0.4) is 0 Å². The molecule has 3 heteroatoms. The van der Waals surface area contributed by atoms with Gasteiger partial charge in [0.25, 0.3) is 0 Å². The number of aliphatic hydroxyl groups excluding tert-OH is 1. The van der Waals surface area contributed by atoms with Crippen LogP contribution in [0.15, 0.2) is 46.3 Å². The average molecular weight is 325 g/mol. The van der Waals surface area contributed by atoms with Crippen molar-refractivity contribution in [1.29, 1.82) is 0 Å². The minimum atomic E-state index is -0.394. The Labute approximate surface area is 121 Å². The molecule has 1 nitrogen and oxygen atoms in total. The molecule has 2 rings (SSSR count). The van der Waals surface area contributed by atoms with Gasteiger partial charge in [-0.1, -0.05) is 44.2 Å². The van der Waals surface area contributed by atoms with Crippen LogP contribution in [0, 0.1) is 0 Å². The lowest BCUT2D eigenvalue weighted by atomic mass is 9.78. The van der Waals surface area contributed by atoms with Crippen LogP contribution in [-0.4, -0.2) is 11.2 Å². The van der Waals surface area contributed by atoms with Crippen LogP contribution in [-0.2, 0) is 11.8 Å². The summed E-state index contributed by atoms with van der Waals surface area (Å²) in [4.78, 5) is 1.20. The van der Waals surface area contributed by atoms with Crippen molar-refractivity contribution < 1.29 is 5.11 Å². The van der Waals surface area contributed by atoms with E-state index in [0.29, 0.717) is 6.42 Å². The first-order valence-electron chi connectivity index (χ1n) is 5.97. The first kappa shape index (κ1) is 13.8. The van der Waals surface area contributed by atoms with E-state index in [2.05, 4.69) is 41.9 Å². The quantitative estimate of drug-likeness (QED) is 0.884. The van der Waals surface area contributed by atoms with Crippen molar-refractivity contribution in [1.82, 2.24) is 0 Å². The van der Waals surface area contributed by atoms with Crippen molar-refractivity contribution in [3.05, 3.63) is 56.7 Å². The van der Waals surface area contributed by atoms with Crippen LogP contribution in [0.4, 0.5) is 0 Å². The van der Waals surface area contributed by atoms with Crippen molar-refractivity contribution in [2.45, 2.75) is 31.8 Å². The van der Waals surface area contributed by atoms with Gasteiger partial charge in [0.1, 0.15) is 0 Å². The van der Waals surface area contributed by atoms with Gasteiger partial charge in [-0.2, -0.15) is 0 Å². The van der Waals surface area contributed by atoms with Crippen LogP contribution >= 0.6 is 27.3 Å². The summed E-state index contributed by atoms with van der Waals surface area (Å²) in [5.74, 6) is 0. The molecular formula is C15H17BrOS. The molecule has 1 N–H and O–H groups in total. The Hall–Kier alpha value is -0.640. The molecule has 0 aliphatic rings. The van der Waals surface area contributed by atoms with E-state index in [1.807, 2.05) is 29.6 Å². The number of rotatable bonds is 4. The molecule has 18 heavy (non-hydrogen) atoms. The Bertz CT molecular complexity index is 504. The first-order valence-corrected chi connectivity index (χ1v) is 7.64. The summed E-state index contributed by atoms with van der Waals surface area (Å²) in [7, 11) is 0. The molecular weight excluding hydrogens is 308 g/mol. The zero-order chi connectivity index (χ0) is 13.2. The van der Waals surface area contributed by atoms with Gasteiger partial charge in [-0.05, 0) is 32.9 Å². The Morgan fingerprint density at radius 3 is 2.44 bits per heavy atom. The van der Waals surface area contributed by atoms with Gasteiger partial charge in [-0.15, -0.1) is 11.3 Å². The molecule has 0 aliphatic carbocycles. The fraction of sp³-hybridized carbons (Fsp3) is 0.333. The molecule has 2 aromatic rings. The molecule has 1 heterocycles. The van der Waals surface area contributed by atoms with E-state index in [9.17, 15) is 5.11 Å². The lowest BCUT2D eigenvalue weighted by Gasteiger charge is -2.31. The van der Waals surface area contributed by atoms with E-state index in [4.69, 9.17) is 0 Å². The summed E-state index contributed by atoms with van der Waals surface area (Å²) in [6, 6.07) is 12.2. The van der Waals surface area contributed by atoms with Gasteiger partial charge in [0.05, 0.1) is 6.10 Å². The highest BCUT2D eigenvalue weighted by Crippen LogP contribution is 2.32. The number of aliphatic hydroxyl groups is 1. The maximum atomic E-state index is 10.5. The number of thiophene rings is 1. The highest BCUT2D eigenvalue weighted by atomic mass is 79.9. The first-order chi connectivity index (χ1) is 8.51. The Morgan fingerprint density at radius 1 is 1.22 bits per heavy atom. The summed E-state index contributed by atoms with van der Waals surface area (Å²) < 4.78 is 1.09. The van der Waals surface area contributed by atoms with Gasteiger partial charge in [-0.25, -0.2) is 0 Å². The second-order valence-corrected chi connectivity index (χ2v) is 6.85. The predicted octanol–water partition coefficient (Wildman–Crippen LogP) is 4.39. The van der Waals surface area contributed by atoms with E-state index in [0.717, 1.165) is 4.47 Å². The third kappa shape index (κ3) is 2.85. The lowest BCUT2D eigenvalue weighted by molar-refractivity contribution is 0.101. The van der Waals surface area contributed by atoms with Crippen molar-refractivity contribution in [2.24, 2.45) is 0 Å². The molecule has 0 spiro atoms. The number of hydrogen-bond acceptors (Lipinski definition) is 2. The maximum Gasteiger partial charge on any atom is 0.0680 e. The van der Waals surface area contributed by atoms with Gasteiger partial charge in [0.2, 0.25) is 0 Å². The average Bonchev–Trinajstić information content (AvgIpc) is 2.76.